The second kappa shape index (κ2) is 7.81. The van der Waals surface area contributed by atoms with Gasteiger partial charge in [0.1, 0.15) is 11.6 Å². The Balaban J connectivity index is 1.78. The average molecular weight is 436 g/mol. The zero-order valence-corrected chi connectivity index (χ0v) is 17.4. The zero-order chi connectivity index (χ0) is 19.7. The summed E-state index contributed by atoms with van der Waals surface area (Å²) < 4.78 is 2.50. The summed E-state index contributed by atoms with van der Waals surface area (Å²) in [5.74, 6) is 0.517. The Bertz CT molecular complexity index is 1110. The molecule has 0 amide bonds. The number of hydrogen-bond donors (Lipinski definition) is 0. The van der Waals surface area contributed by atoms with Gasteiger partial charge in [0.2, 0.25) is 0 Å². The first kappa shape index (κ1) is 18.8. The van der Waals surface area contributed by atoms with E-state index in [9.17, 15) is 10.1 Å². The van der Waals surface area contributed by atoms with Gasteiger partial charge < -0.3 is 9.47 Å². The highest BCUT2D eigenvalue weighted by Crippen LogP contribution is 2.34. The summed E-state index contributed by atoms with van der Waals surface area (Å²) >= 11 is 3.50. The van der Waals surface area contributed by atoms with E-state index < -0.39 is 0 Å². The first-order chi connectivity index (χ1) is 13.6. The first-order valence-electron chi connectivity index (χ1n) is 9.62. The van der Waals surface area contributed by atoms with Gasteiger partial charge in [-0.15, -0.1) is 0 Å². The van der Waals surface area contributed by atoms with E-state index in [1.54, 1.807) is 11.6 Å². The number of pyridine rings is 1. The number of fused-ring (bicyclic) bond motifs is 1. The molecule has 0 spiro atoms. The lowest BCUT2D eigenvalue weighted by molar-refractivity contribution is 0.612. The van der Waals surface area contributed by atoms with Gasteiger partial charge in [-0.05, 0) is 48.9 Å². The van der Waals surface area contributed by atoms with Crippen molar-refractivity contribution >= 4 is 32.5 Å². The number of aryl methyl sites for hydroxylation is 1. The van der Waals surface area contributed by atoms with Crippen LogP contribution in [0, 0.1) is 11.3 Å². The topological polar surface area (TPSA) is 49.0 Å². The van der Waals surface area contributed by atoms with Gasteiger partial charge in [0.05, 0.1) is 11.2 Å². The molecule has 1 fully saturated rings. The molecule has 1 aliphatic heterocycles. The lowest BCUT2D eigenvalue weighted by atomic mass is 9.92. The molecule has 2 heterocycles. The first-order valence-corrected chi connectivity index (χ1v) is 10.4. The lowest BCUT2D eigenvalue weighted by Crippen LogP contribution is -2.30. The molecule has 4 rings (SSSR count). The van der Waals surface area contributed by atoms with E-state index in [0.29, 0.717) is 5.92 Å². The van der Waals surface area contributed by atoms with E-state index in [1.807, 2.05) is 18.2 Å². The Morgan fingerprint density at radius 2 is 1.89 bits per heavy atom. The maximum atomic E-state index is 12.9. The third-order valence-electron chi connectivity index (χ3n) is 5.76. The average Bonchev–Trinajstić information content (AvgIpc) is 2.97. The fourth-order valence-corrected chi connectivity index (χ4v) is 4.65. The summed E-state index contributed by atoms with van der Waals surface area (Å²) in [6.45, 7) is 1.70. The van der Waals surface area contributed by atoms with E-state index in [-0.39, 0.29) is 11.1 Å². The SMILES string of the molecule is Cn1c(=O)c(C#N)c(N2CCCC(c3ccccc3)CC2)c2ccc(Br)cc21. The van der Waals surface area contributed by atoms with Crippen molar-refractivity contribution in [1.29, 1.82) is 5.26 Å². The van der Waals surface area contributed by atoms with Gasteiger partial charge in [0.15, 0.2) is 0 Å². The van der Waals surface area contributed by atoms with Gasteiger partial charge in [0.25, 0.3) is 5.56 Å². The van der Waals surface area contributed by atoms with Crippen molar-refractivity contribution in [2.75, 3.05) is 18.0 Å². The summed E-state index contributed by atoms with van der Waals surface area (Å²) in [4.78, 5) is 15.1. The molecule has 4 nitrogen and oxygen atoms in total. The Labute approximate surface area is 173 Å². The normalized spacial score (nSPS) is 17.3. The summed E-state index contributed by atoms with van der Waals surface area (Å²) in [5, 5.41) is 10.7. The molecule has 1 unspecified atom stereocenters. The van der Waals surface area contributed by atoms with E-state index >= 15 is 0 Å². The van der Waals surface area contributed by atoms with Gasteiger partial charge in [-0.1, -0.05) is 46.3 Å². The van der Waals surface area contributed by atoms with Crippen LogP contribution < -0.4 is 10.5 Å². The van der Waals surface area contributed by atoms with Crippen LogP contribution in [0.3, 0.4) is 0 Å². The van der Waals surface area contributed by atoms with Crippen molar-refractivity contribution in [2.24, 2.45) is 7.05 Å². The number of aromatic nitrogens is 1. The summed E-state index contributed by atoms with van der Waals surface area (Å²) in [5.41, 5.74) is 3.03. The standard InChI is InChI=1S/C23H22BrN3O/c1-26-21-14-18(24)9-10-19(21)22(20(15-25)23(26)28)27-12-5-8-17(11-13-27)16-6-3-2-4-7-16/h2-4,6-7,9-10,14,17H,5,8,11-13H2,1H3. The smallest absolute Gasteiger partial charge is 0.270 e. The number of rotatable bonds is 2. The third-order valence-corrected chi connectivity index (χ3v) is 6.25. The Morgan fingerprint density at radius 3 is 2.64 bits per heavy atom. The Kier molecular flexibility index (Phi) is 5.23. The highest BCUT2D eigenvalue weighted by molar-refractivity contribution is 9.10. The minimum absolute atomic E-state index is 0.230. The van der Waals surface area contributed by atoms with E-state index in [0.717, 1.165) is 53.4 Å². The second-order valence-corrected chi connectivity index (χ2v) is 8.30. The largest absolute Gasteiger partial charge is 0.370 e. The monoisotopic (exact) mass is 435 g/mol. The zero-order valence-electron chi connectivity index (χ0n) is 15.9. The van der Waals surface area contributed by atoms with Crippen molar-refractivity contribution in [3.63, 3.8) is 0 Å². The summed E-state index contributed by atoms with van der Waals surface area (Å²) in [6.07, 6.45) is 3.18. The molecule has 0 bridgehead atoms. The molecule has 3 aromatic rings. The number of hydrogen-bond acceptors (Lipinski definition) is 3. The van der Waals surface area contributed by atoms with Crippen LogP contribution in [0.15, 0.2) is 57.8 Å². The number of nitrogens with zero attached hydrogens (tertiary/aromatic N) is 3. The van der Waals surface area contributed by atoms with E-state index in [4.69, 9.17) is 0 Å². The number of benzene rings is 2. The number of halogens is 1. The predicted molar refractivity (Wildman–Crippen MR) is 117 cm³/mol. The number of anilines is 1. The predicted octanol–water partition coefficient (Wildman–Crippen LogP) is 4.95. The molecule has 0 saturated carbocycles. The molecule has 1 atom stereocenters. The molecule has 2 aromatic carbocycles. The molecule has 1 aromatic heterocycles. The molecule has 1 saturated heterocycles. The fourth-order valence-electron chi connectivity index (χ4n) is 4.30. The van der Waals surface area contributed by atoms with Crippen molar-refractivity contribution in [3.05, 3.63) is 74.5 Å². The third kappa shape index (κ3) is 3.33. The number of nitriles is 1. The molecular formula is C23H22BrN3O. The quantitative estimate of drug-likeness (QED) is 0.572. The van der Waals surface area contributed by atoms with E-state index in [2.05, 4.69) is 57.2 Å². The molecule has 0 radical (unpaired) electrons. The highest BCUT2D eigenvalue weighted by Gasteiger charge is 2.24. The van der Waals surface area contributed by atoms with Crippen LogP contribution in [-0.4, -0.2) is 17.7 Å². The minimum Gasteiger partial charge on any atom is -0.370 e. The van der Waals surface area contributed by atoms with Crippen molar-refractivity contribution in [3.8, 4) is 6.07 Å². The minimum atomic E-state index is -0.230. The van der Waals surface area contributed by atoms with Crippen LogP contribution in [0.4, 0.5) is 5.69 Å². The maximum absolute atomic E-state index is 12.9. The Hall–Kier alpha value is -2.58. The lowest BCUT2D eigenvalue weighted by Gasteiger charge is -2.26. The highest BCUT2D eigenvalue weighted by atomic mass is 79.9. The van der Waals surface area contributed by atoms with Crippen LogP contribution in [-0.2, 0) is 7.05 Å². The molecule has 5 heteroatoms. The van der Waals surface area contributed by atoms with Crippen LogP contribution in [0.2, 0.25) is 0 Å². The van der Waals surface area contributed by atoms with Gasteiger partial charge >= 0.3 is 0 Å². The van der Waals surface area contributed by atoms with Crippen molar-refractivity contribution in [2.45, 2.75) is 25.2 Å². The Morgan fingerprint density at radius 1 is 1.11 bits per heavy atom. The summed E-state index contributed by atoms with van der Waals surface area (Å²) in [6, 6.07) is 18.8. The van der Waals surface area contributed by atoms with Crippen LogP contribution >= 0.6 is 15.9 Å². The molecular weight excluding hydrogens is 414 g/mol. The molecule has 0 aliphatic carbocycles. The summed E-state index contributed by atoms with van der Waals surface area (Å²) in [7, 11) is 1.73. The molecule has 0 N–H and O–H groups in total. The van der Waals surface area contributed by atoms with Gasteiger partial charge in [0, 0.05) is 30.0 Å². The van der Waals surface area contributed by atoms with Crippen LogP contribution in [0.5, 0.6) is 0 Å². The maximum Gasteiger partial charge on any atom is 0.270 e. The van der Waals surface area contributed by atoms with Gasteiger partial charge in [-0.3, -0.25) is 4.79 Å². The molecule has 142 valence electrons. The van der Waals surface area contributed by atoms with Crippen molar-refractivity contribution in [1.82, 2.24) is 4.57 Å². The van der Waals surface area contributed by atoms with Crippen molar-refractivity contribution < 1.29 is 0 Å². The van der Waals surface area contributed by atoms with Gasteiger partial charge in [-0.2, -0.15) is 5.26 Å². The second-order valence-electron chi connectivity index (χ2n) is 7.39. The van der Waals surface area contributed by atoms with Crippen LogP contribution in [0.25, 0.3) is 10.9 Å². The van der Waals surface area contributed by atoms with Crippen LogP contribution in [0.1, 0.15) is 36.3 Å². The fraction of sp³-hybridized carbons (Fsp3) is 0.304. The molecule has 28 heavy (non-hydrogen) atoms. The molecule has 1 aliphatic rings. The van der Waals surface area contributed by atoms with E-state index in [1.165, 1.54) is 5.56 Å². The van der Waals surface area contributed by atoms with Gasteiger partial charge in [-0.25, -0.2) is 0 Å².